The summed E-state index contributed by atoms with van der Waals surface area (Å²) in [5.41, 5.74) is 2.42. The summed E-state index contributed by atoms with van der Waals surface area (Å²) >= 11 is 0. The number of rotatable bonds is 3. The van der Waals surface area contributed by atoms with Gasteiger partial charge in [-0.1, -0.05) is 24.6 Å². The van der Waals surface area contributed by atoms with Crippen LogP contribution in [0.1, 0.15) is 36.3 Å². The van der Waals surface area contributed by atoms with Crippen LogP contribution in [0.3, 0.4) is 0 Å². The van der Waals surface area contributed by atoms with Gasteiger partial charge in [0.25, 0.3) is 0 Å². The van der Waals surface area contributed by atoms with Crippen molar-refractivity contribution in [2.75, 3.05) is 19.0 Å². The number of benzene rings is 1. The van der Waals surface area contributed by atoms with E-state index in [9.17, 15) is 0 Å². The maximum atomic E-state index is 5.52. The molecule has 5 heteroatoms. The number of nitrogens with zero attached hydrogens (tertiary/aromatic N) is 3. The number of aromatic nitrogens is 3. The molecule has 1 aliphatic heterocycles. The van der Waals surface area contributed by atoms with Crippen LogP contribution >= 0.6 is 0 Å². The molecule has 106 valence electrons. The van der Waals surface area contributed by atoms with Crippen LogP contribution in [0.25, 0.3) is 0 Å². The average molecular weight is 272 g/mol. The molecule has 0 saturated carbocycles. The van der Waals surface area contributed by atoms with E-state index in [1.807, 2.05) is 10.7 Å². The minimum Gasteiger partial charge on any atom is -0.496 e. The van der Waals surface area contributed by atoms with Crippen molar-refractivity contribution in [1.29, 1.82) is 0 Å². The van der Waals surface area contributed by atoms with Crippen molar-refractivity contribution in [3.05, 3.63) is 35.2 Å². The molecule has 1 aromatic carbocycles. The first-order chi connectivity index (χ1) is 9.72. The van der Waals surface area contributed by atoms with E-state index in [4.69, 9.17) is 4.74 Å². The van der Waals surface area contributed by atoms with Gasteiger partial charge in [0, 0.05) is 18.5 Å². The van der Waals surface area contributed by atoms with Gasteiger partial charge in [-0.25, -0.2) is 4.68 Å². The predicted octanol–water partition coefficient (Wildman–Crippen LogP) is 2.56. The fourth-order valence-electron chi connectivity index (χ4n) is 2.70. The summed E-state index contributed by atoms with van der Waals surface area (Å²) in [5.74, 6) is 2.66. The van der Waals surface area contributed by atoms with Gasteiger partial charge in [0.15, 0.2) is 5.82 Å². The normalized spacial score (nSPS) is 17.4. The summed E-state index contributed by atoms with van der Waals surface area (Å²) in [6.07, 6.45) is 1.83. The van der Waals surface area contributed by atoms with Crippen molar-refractivity contribution >= 4 is 5.95 Å². The lowest BCUT2D eigenvalue weighted by Crippen LogP contribution is -2.25. The molecule has 0 bridgehead atoms. The molecular weight excluding hydrogens is 252 g/mol. The van der Waals surface area contributed by atoms with Gasteiger partial charge in [0.2, 0.25) is 5.95 Å². The lowest BCUT2D eigenvalue weighted by Gasteiger charge is -2.26. The quantitative estimate of drug-likeness (QED) is 0.933. The first-order valence-corrected chi connectivity index (χ1v) is 7.06. The van der Waals surface area contributed by atoms with Gasteiger partial charge < -0.3 is 10.1 Å². The Morgan fingerprint density at radius 2 is 2.30 bits per heavy atom. The fraction of sp³-hybridized carbons (Fsp3) is 0.467. The number of ether oxygens (including phenoxy) is 1. The molecule has 2 aromatic rings. The van der Waals surface area contributed by atoms with Crippen LogP contribution in [0.4, 0.5) is 5.95 Å². The second-order valence-corrected chi connectivity index (χ2v) is 5.13. The molecule has 0 spiro atoms. The molecule has 0 radical (unpaired) electrons. The number of hydrogen-bond acceptors (Lipinski definition) is 4. The van der Waals surface area contributed by atoms with E-state index in [0.29, 0.717) is 0 Å². The van der Waals surface area contributed by atoms with Crippen LogP contribution in [-0.2, 0) is 6.42 Å². The summed E-state index contributed by atoms with van der Waals surface area (Å²) < 4.78 is 7.52. The Bertz CT molecular complexity index is 620. The minimum atomic E-state index is 0.189. The number of methoxy groups -OCH3 is 1. The lowest BCUT2D eigenvalue weighted by atomic mass is 9.99. The van der Waals surface area contributed by atoms with E-state index in [0.717, 1.165) is 36.9 Å². The monoisotopic (exact) mass is 272 g/mol. The smallest absolute Gasteiger partial charge is 0.221 e. The predicted molar refractivity (Wildman–Crippen MR) is 78.4 cm³/mol. The summed E-state index contributed by atoms with van der Waals surface area (Å²) in [6, 6.07) is 6.48. The van der Waals surface area contributed by atoms with Gasteiger partial charge in [-0.3, -0.25) is 0 Å². The Kier molecular flexibility index (Phi) is 3.34. The third-order valence-electron chi connectivity index (χ3n) is 3.73. The van der Waals surface area contributed by atoms with E-state index >= 15 is 0 Å². The first kappa shape index (κ1) is 13.0. The lowest BCUT2D eigenvalue weighted by molar-refractivity contribution is 0.391. The minimum absolute atomic E-state index is 0.189. The summed E-state index contributed by atoms with van der Waals surface area (Å²) in [6.45, 7) is 5.08. The molecule has 1 unspecified atom stereocenters. The van der Waals surface area contributed by atoms with Crippen molar-refractivity contribution in [2.24, 2.45) is 0 Å². The van der Waals surface area contributed by atoms with Crippen molar-refractivity contribution in [3.63, 3.8) is 0 Å². The van der Waals surface area contributed by atoms with E-state index in [1.54, 1.807) is 7.11 Å². The third-order valence-corrected chi connectivity index (χ3v) is 3.73. The highest BCUT2D eigenvalue weighted by Gasteiger charge is 2.26. The number of aryl methyl sites for hydroxylation is 2. The Morgan fingerprint density at radius 1 is 1.45 bits per heavy atom. The molecule has 1 aliphatic rings. The largest absolute Gasteiger partial charge is 0.496 e. The summed E-state index contributed by atoms with van der Waals surface area (Å²) in [5, 5.41) is 7.94. The van der Waals surface area contributed by atoms with Crippen LogP contribution in [0, 0.1) is 6.92 Å². The molecule has 0 amide bonds. The second-order valence-electron chi connectivity index (χ2n) is 5.13. The first-order valence-electron chi connectivity index (χ1n) is 7.06. The Balaban J connectivity index is 2.08. The van der Waals surface area contributed by atoms with Crippen LogP contribution in [0.5, 0.6) is 5.75 Å². The molecule has 1 N–H and O–H groups in total. The Labute approximate surface area is 119 Å². The Hall–Kier alpha value is -2.04. The summed E-state index contributed by atoms with van der Waals surface area (Å²) in [4.78, 5) is 4.52. The highest BCUT2D eigenvalue weighted by molar-refractivity contribution is 5.42. The molecule has 1 aromatic heterocycles. The molecule has 0 fully saturated rings. The highest BCUT2D eigenvalue weighted by Crippen LogP contribution is 2.34. The molecule has 2 heterocycles. The van der Waals surface area contributed by atoms with Crippen molar-refractivity contribution < 1.29 is 4.74 Å². The standard InChI is InChI=1S/C15H20N4O/c1-4-14-17-15-16-8-7-12(19(15)18-14)11-9-10(2)5-6-13(11)20-3/h5-6,9,12H,4,7-8H2,1-3H3,(H,16,17,18). The molecule has 3 rings (SSSR count). The number of fused-ring (bicyclic) bond motifs is 1. The SMILES string of the molecule is CCc1nc2n(n1)C(c1cc(C)ccc1OC)CCN2. The van der Waals surface area contributed by atoms with Crippen molar-refractivity contribution in [1.82, 2.24) is 14.8 Å². The zero-order chi connectivity index (χ0) is 14.1. The zero-order valence-corrected chi connectivity index (χ0v) is 12.2. The van der Waals surface area contributed by atoms with Crippen LogP contribution < -0.4 is 10.1 Å². The van der Waals surface area contributed by atoms with Gasteiger partial charge in [0.05, 0.1) is 13.2 Å². The zero-order valence-electron chi connectivity index (χ0n) is 12.2. The fourth-order valence-corrected chi connectivity index (χ4v) is 2.70. The van der Waals surface area contributed by atoms with E-state index < -0.39 is 0 Å². The average Bonchev–Trinajstić information content (AvgIpc) is 2.90. The van der Waals surface area contributed by atoms with Gasteiger partial charge in [0.1, 0.15) is 5.75 Å². The summed E-state index contributed by atoms with van der Waals surface area (Å²) in [7, 11) is 1.72. The van der Waals surface area contributed by atoms with Crippen LogP contribution in [0.15, 0.2) is 18.2 Å². The third kappa shape index (κ3) is 2.13. The maximum absolute atomic E-state index is 5.52. The number of nitrogens with one attached hydrogen (secondary N) is 1. The number of hydrogen-bond donors (Lipinski definition) is 1. The van der Waals surface area contributed by atoms with Gasteiger partial charge in [-0.2, -0.15) is 10.1 Å². The van der Waals surface area contributed by atoms with Crippen molar-refractivity contribution in [3.8, 4) is 5.75 Å². The molecule has 5 nitrogen and oxygen atoms in total. The van der Waals surface area contributed by atoms with Gasteiger partial charge >= 0.3 is 0 Å². The molecule has 0 saturated heterocycles. The van der Waals surface area contributed by atoms with Crippen molar-refractivity contribution in [2.45, 2.75) is 32.7 Å². The van der Waals surface area contributed by atoms with Gasteiger partial charge in [-0.15, -0.1) is 0 Å². The molecular formula is C15H20N4O. The topological polar surface area (TPSA) is 52.0 Å². The van der Waals surface area contributed by atoms with Crippen LogP contribution in [-0.4, -0.2) is 28.4 Å². The maximum Gasteiger partial charge on any atom is 0.221 e. The van der Waals surface area contributed by atoms with E-state index in [-0.39, 0.29) is 6.04 Å². The Morgan fingerprint density at radius 3 is 3.05 bits per heavy atom. The second kappa shape index (κ2) is 5.15. The van der Waals surface area contributed by atoms with E-state index in [1.165, 1.54) is 11.1 Å². The molecule has 20 heavy (non-hydrogen) atoms. The van der Waals surface area contributed by atoms with Crippen LogP contribution in [0.2, 0.25) is 0 Å². The number of anilines is 1. The van der Waals surface area contributed by atoms with Gasteiger partial charge in [-0.05, 0) is 19.4 Å². The molecule has 1 atom stereocenters. The molecule has 0 aliphatic carbocycles. The highest BCUT2D eigenvalue weighted by atomic mass is 16.5. The van der Waals surface area contributed by atoms with E-state index in [2.05, 4.69) is 41.4 Å².